The molecule has 1 aromatic rings. The average Bonchev–Trinajstić information content (AvgIpc) is 2.44. The van der Waals surface area contributed by atoms with Crippen molar-refractivity contribution in [2.24, 2.45) is 11.7 Å². The molecule has 0 aromatic heterocycles. The lowest BCUT2D eigenvalue weighted by atomic mass is 9.95. The Morgan fingerprint density at radius 1 is 1.30 bits per heavy atom. The summed E-state index contributed by atoms with van der Waals surface area (Å²) in [7, 11) is 0. The standard InChI is InChI=1S/C17H28N2O/c1-4-15(5-2)16(18)12-19-17(20)10-9-14-8-6-7-13(3)11-14/h6-8,11,15-16H,4-5,9-10,12,18H2,1-3H3,(H,19,20). The molecule has 3 heteroatoms. The van der Waals surface area contributed by atoms with E-state index in [2.05, 4.69) is 44.3 Å². The second-order valence-electron chi connectivity index (χ2n) is 5.53. The third-order valence-corrected chi connectivity index (χ3v) is 3.91. The Labute approximate surface area is 122 Å². The van der Waals surface area contributed by atoms with Crippen molar-refractivity contribution in [3.8, 4) is 0 Å². The predicted octanol–water partition coefficient (Wildman–Crippen LogP) is 2.81. The highest BCUT2D eigenvalue weighted by molar-refractivity contribution is 5.76. The molecule has 0 saturated heterocycles. The topological polar surface area (TPSA) is 55.1 Å². The molecule has 1 rings (SSSR count). The summed E-state index contributed by atoms with van der Waals surface area (Å²) in [6.45, 7) is 6.94. The number of aryl methyl sites for hydroxylation is 2. The zero-order valence-corrected chi connectivity index (χ0v) is 13.0. The molecule has 0 radical (unpaired) electrons. The van der Waals surface area contributed by atoms with Crippen molar-refractivity contribution in [3.05, 3.63) is 35.4 Å². The molecule has 0 spiro atoms. The van der Waals surface area contributed by atoms with Crippen LogP contribution in [0.15, 0.2) is 24.3 Å². The molecule has 0 heterocycles. The van der Waals surface area contributed by atoms with Crippen LogP contribution in [0, 0.1) is 12.8 Å². The highest BCUT2D eigenvalue weighted by Crippen LogP contribution is 2.11. The molecule has 3 nitrogen and oxygen atoms in total. The van der Waals surface area contributed by atoms with Gasteiger partial charge in [-0.1, -0.05) is 56.5 Å². The van der Waals surface area contributed by atoms with Gasteiger partial charge in [0.25, 0.3) is 0 Å². The molecule has 1 atom stereocenters. The maximum atomic E-state index is 11.8. The molecule has 1 unspecified atom stereocenters. The second-order valence-corrected chi connectivity index (χ2v) is 5.53. The molecule has 0 bridgehead atoms. The van der Waals surface area contributed by atoms with Crippen LogP contribution >= 0.6 is 0 Å². The van der Waals surface area contributed by atoms with Gasteiger partial charge in [0.15, 0.2) is 0 Å². The molecule has 0 saturated carbocycles. The van der Waals surface area contributed by atoms with E-state index in [1.54, 1.807) is 0 Å². The van der Waals surface area contributed by atoms with Gasteiger partial charge >= 0.3 is 0 Å². The Morgan fingerprint density at radius 3 is 2.60 bits per heavy atom. The molecule has 0 fully saturated rings. The minimum absolute atomic E-state index is 0.0629. The van der Waals surface area contributed by atoms with Crippen LogP contribution in [0.3, 0.4) is 0 Å². The first kappa shape index (κ1) is 16.7. The Hall–Kier alpha value is -1.35. The first-order chi connectivity index (χ1) is 9.56. The number of amides is 1. The quantitative estimate of drug-likeness (QED) is 0.767. The monoisotopic (exact) mass is 276 g/mol. The molecule has 0 aliphatic heterocycles. The van der Waals surface area contributed by atoms with Crippen molar-refractivity contribution in [1.82, 2.24) is 5.32 Å². The van der Waals surface area contributed by atoms with Gasteiger partial charge in [0.05, 0.1) is 0 Å². The van der Waals surface area contributed by atoms with Crippen molar-refractivity contribution in [1.29, 1.82) is 0 Å². The number of carbonyl (C=O) groups is 1. The van der Waals surface area contributed by atoms with Crippen LogP contribution in [0.4, 0.5) is 0 Å². The lowest BCUT2D eigenvalue weighted by molar-refractivity contribution is -0.121. The number of nitrogens with two attached hydrogens (primary N) is 1. The van der Waals surface area contributed by atoms with Crippen LogP contribution < -0.4 is 11.1 Å². The van der Waals surface area contributed by atoms with Crippen LogP contribution in [-0.4, -0.2) is 18.5 Å². The largest absolute Gasteiger partial charge is 0.355 e. The molecular weight excluding hydrogens is 248 g/mol. The third-order valence-electron chi connectivity index (χ3n) is 3.91. The Bertz CT molecular complexity index is 413. The van der Waals surface area contributed by atoms with Crippen molar-refractivity contribution >= 4 is 5.91 Å². The first-order valence-corrected chi connectivity index (χ1v) is 7.64. The maximum Gasteiger partial charge on any atom is 0.220 e. The van der Waals surface area contributed by atoms with Gasteiger partial charge in [0.2, 0.25) is 5.91 Å². The van der Waals surface area contributed by atoms with Gasteiger partial charge in [-0.15, -0.1) is 0 Å². The van der Waals surface area contributed by atoms with Gasteiger partial charge in [-0.3, -0.25) is 4.79 Å². The summed E-state index contributed by atoms with van der Waals surface area (Å²) in [6.07, 6.45) is 3.44. The summed E-state index contributed by atoms with van der Waals surface area (Å²) in [6, 6.07) is 8.36. The SMILES string of the molecule is CCC(CC)C(N)CNC(=O)CCc1cccc(C)c1. The van der Waals surface area contributed by atoms with Gasteiger partial charge in [0.1, 0.15) is 0 Å². The zero-order valence-electron chi connectivity index (χ0n) is 13.0. The van der Waals surface area contributed by atoms with Crippen LogP contribution in [0.5, 0.6) is 0 Å². The minimum atomic E-state index is 0.0629. The highest BCUT2D eigenvalue weighted by atomic mass is 16.1. The molecule has 1 amide bonds. The molecule has 0 aliphatic carbocycles. The summed E-state index contributed by atoms with van der Waals surface area (Å²) < 4.78 is 0. The Balaban J connectivity index is 2.30. The summed E-state index contributed by atoms with van der Waals surface area (Å²) >= 11 is 0. The van der Waals surface area contributed by atoms with Gasteiger partial charge in [-0.05, 0) is 24.8 Å². The molecule has 20 heavy (non-hydrogen) atoms. The molecule has 0 aliphatic rings. The third kappa shape index (κ3) is 5.74. The summed E-state index contributed by atoms with van der Waals surface area (Å²) in [5.41, 5.74) is 8.55. The lowest BCUT2D eigenvalue weighted by Gasteiger charge is -2.21. The van der Waals surface area contributed by atoms with E-state index in [9.17, 15) is 4.79 Å². The average molecular weight is 276 g/mol. The molecule has 112 valence electrons. The summed E-state index contributed by atoms with van der Waals surface area (Å²) in [4.78, 5) is 11.8. The van der Waals surface area contributed by atoms with Crippen LogP contribution in [0.25, 0.3) is 0 Å². The van der Waals surface area contributed by atoms with Gasteiger partial charge in [-0.25, -0.2) is 0 Å². The van der Waals surface area contributed by atoms with E-state index in [1.165, 1.54) is 11.1 Å². The predicted molar refractivity (Wildman–Crippen MR) is 84.6 cm³/mol. The number of rotatable bonds is 8. The Morgan fingerprint density at radius 2 is 2.00 bits per heavy atom. The fourth-order valence-electron chi connectivity index (χ4n) is 2.51. The molecule has 1 aromatic carbocycles. The van der Waals surface area contributed by atoms with E-state index in [0.717, 1.165) is 19.3 Å². The smallest absolute Gasteiger partial charge is 0.220 e. The van der Waals surface area contributed by atoms with E-state index >= 15 is 0 Å². The van der Waals surface area contributed by atoms with E-state index in [0.29, 0.717) is 18.9 Å². The van der Waals surface area contributed by atoms with Gasteiger partial charge in [-0.2, -0.15) is 0 Å². The fourth-order valence-corrected chi connectivity index (χ4v) is 2.51. The number of carbonyl (C=O) groups excluding carboxylic acids is 1. The molecule has 3 N–H and O–H groups in total. The minimum Gasteiger partial charge on any atom is -0.355 e. The van der Waals surface area contributed by atoms with E-state index in [-0.39, 0.29) is 11.9 Å². The number of hydrogen-bond acceptors (Lipinski definition) is 2. The summed E-state index contributed by atoms with van der Waals surface area (Å²) in [5.74, 6) is 0.583. The Kier molecular flexibility index (Phi) is 7.31. The molecular formula is C17H28N2O. The van der Waals surface area contributed by atoms with Crippen molar-refractivity contribution in [2.75, 3.05) is 6.54 Å². The second kappa shape index (κ2) is 8.75. The van der Waals surface area contributed by atoms with Crippen molar-refractivity contribution < 1.29 is 4.79 Å². The van der Waals surface area contributed by atoms with Gasteiger partial charge in [0, 0.05) is 19.0 Å². The van der Waals surface area contributed by atoms with Crippen molar-refractivity contribution in [3.63, 3.8) is 0 Å². The first-order valence-electron chi connectivity index (χ1n) is 7.64. The van der Waals surface area contributed by atoms with Crippen molar-refractivity contribution in [2.45, 2.75) is 52.5 Å². The normalized spacial score (nSPS) is 12.4. The number of nitrogens with one attached hydrogen (secondary N) is 1. The number of benzene rings is 1. The zero-order chi connectivity index (χ0) is 15.0. The lowest BCUT2D eigenvalue weighted by Crippen LogP contribution is -2.41. The summed E-state index contributed by atoms with van der Waals surface area (Å²) in [5, 5.41) is 2.95. The maximum absolute atomic E-state index is 11.8. The van der Waals surface area contributed by atoms with Crippen LogP contribution in [0.1, 0.15) is 44.2 Å². The van der Waals surface area contributed by atoms with Crippen LogP contribution in [0.2, 0.25) is 0 Å². The highest BCUT2D eigenvalue weighted by Gasteiger charge is 2.14. The van der Waals surface area contributed by atoms with E-state index in [1.807, 2.05) is 6.07 Å². The van der Waals surface area contributed by atoms with Crippen LogP contribution in [-0.2, 0) is 11.2 Å². The fraction of sp³-hybridized carbons (Fsp3) is 0.588. The van der Waals surface area contributed by atoms with E-state index in [4.69, 9.17) is 5.73 Å². The van der Waals surface area contributed by atoms with Gasteiger partial charge < -0.3 is 11.1 Å². The number of hydrogen-bond donors (Lipinski definition) is 2. The van der Waals surface area contributed by atoms with E-state index < -0.39 is 0 Å².